The number of nitrogens with two attached hydrogens (primary N) is 1. The number of carboxylic acid groups (broad SMARTS) is 1. The normalized spacial score (nSPS) is 11.3. The van der Waals surface area contributed by atoms with E-state index in [4.69, 9.17) is 38.4 Å². The van der Waals surface area contributed by atoms with E-state index in [0.29, 0.717) is 53.5 Å². The number of nitrogens with zero attached hydrogens (tertiary/aromatic N) is 2. The van der Waals surface area contributed by atoms with Crippen LogP contribution >= 0.6 is 23.2 Å². The van der Waals surface area contributed by atoms with Crippen LogP contribution in [-0.4, -0.2) is 49.3 Å². The predicted octanol–water partition coefficient (Wildman–Crippen LogP) is 16.9. The van der Waals surface area contributed by atoms with E-state index in [1.54, 1.807) is 18.2 Å². The van der Waals surface area contributed by atoms with Crippen molar-refractivity contribution in [2.45, 2.75) is 107 Å². The average molecular weight is 1180 g/mol. The number of esters is 2. The molecule has 0 fully saturated rings. The Morgan fingerprint density at radius 2 is 0.871 bits per heavy atom. The summed E-state index contributed by atoms with van der Waals surface area (Å²) in [6.07, 6.45) is 0. The molecule has 85 heavy (non-hydrogen) atoms. The van der Waals surface area contributed by atoms with E-state index in [1.165, 1.54) is 0 Å². The van der Waals surface area contributed by atoms with Crippen molar-refractivity contribution in [3.8, 4) is 22.3 Å². The zero-order valence-electron chi connectivity index (χ0n) is 49.8. The van der Waals surface area contributed by atoms with E-state index < -0.39 is 17.2 Å². The minimum absolute atomic E-state index is 0.112. The first kappa shape index (κ1) is 62.3. The van der Waals surface area contributed by atoms with Crippen LogP contribution in [0.5, 0.6) is 0 Å². The molecular weight excluding hydrogens is 1100 g/mol. The molecule has 0 aliphatic carbocycles. The maximum Gasteiger partial charge on any atom is 0.339 e. The molecule has 1 amide bonds. The molecule has 0 atom stereocenters. The number of fused-ring (bicyclic) bond motifs is 2. The van der Waals surface area contributed by atoms with Crippen LogP contribution in [0.3, 0.4) is 0 Å². The fourth-order valence-electron chi connectivity index (χ4n) is 9.92. The number of nitrogens with one attached hydrogen (secondary N) is 1. The van der Waals surface area contributed by atoms with Gasteiger partial charge in [-0.3, -0.25) is 4.79 Å². The second kappa shape index (κ2) is 26.9. The number of carbonyl (C=O) groups excluding carboxylic acids is 3. The van der Waals surface area contributed by atoms with Gasteiger partial charge >= 0.3 is 17.9 Å². The molecular formula is C72H72Cl2N4O7. The molecule has 0 radical (unpaired) electrons. The third kappa shape index (κ3) is 15.7. The maximum absolute atomic E-state index is 12.9. The van der Waals surface area contributed by atoms with Gasteiger partial charge in [-0.2, -0.15) is 0 Å². The highest BCUT2D eigenvalue weighted by Crippen LogP contribution is 2.32. The molecule has 4 N–H and O–H groups in total. The lowest BCUT2D eigenvalue weighted by Crippen LogP contribution is -2.24. The Labute approximate surface area is 508 Å². The minimum atomic E-state index is -0.922. The van der Waals surface area contributed by atoms with Gasteiger partial charge in [-0.25, -0.2) is 14.4 Å². The van der Waals surface area contributed by atoms with Crippen molar-refractivity contribution in [3.05, 3.63) is 259 Å². The van der Waals surface area contributed by atoms with Gasteiger partial charge in [0.1, 0.15) is 11.2 Å². The van der Waals surface area contributed by atoms with Gasteiger partial charge in [0, 0.05) is 75.0 Å². The summed E-state index contributed by atoms with van der Waals surface area (Å²) < 4.78 is 15.7. The molecule has 2 aromatic heterocycles. The zero-order valence-corrected chi connectivity index (χ0v) is 51.3. The number of aromatic nitrogens is 2. The number of rotatable bonds is 13. The van der Waals surface area contributed by atoms with E-state index in [0.717, 1.165) is 93.9 Å². The lowest BCUT2D eigenvalue weighted by molar-refractivity contribution is 0.00578. The molecule has 0 spiro atoms. The number of hydrogen-bond acceptors (Lipinski definition) is 7. The van der Waals surface area contributed by atoms with Gasteiger partial charge in [0.25, 0.3) is 5.91 Å². The Balaban J connectivity index is 0.000000196. The lowest BCUT2D eigenvalue weighted by atomic mass is 9.98. The second-order valence-electron chi connectivity index (χ2n) is 23.0. The van der Waals surface area contributed by atoms with Crippen LogP contribution in [0.2, 0.25) is 10.0 Å². The summed E-state index contributed by atoms with van der Waals surface area (Å²) in [5.74, 6) is -1.70. The Kier molecular flexibility index (Phi) is 19.7. The van der Waals surface area contributed by atoms with Crippen molar-refractivity contribution in [2.24, 2.45) is 5.73 Å². The standard InChI is InChI=1S/C36H35ClN2O3.C29H29NO4.C7H8ClN/c1-23-24(2)39(33-19-16-28(20-32(23)33)34(40)38-21-25-12-17-29(37)18-13-25)22-26-10-14-27(15-11-26)30-8-6-7-9-31(30)35(41)42-36(3,4)5;1-18-19(2)30(26-15-14-22(27(31)32)16-25(18)26)17-20-10-12-21(13-11-20)23-8-6-7-9-24(23)28(33)34-29(3,4)5;8-7-3-1-6(5-9)2-4-7/h6-20H,21-22H2,1-5H3,(H,38,40);6-16H,17H2,1-5H3,(H,31,32);1-4H,5,9H2. The second-order valence-corrected chi connectivity index (χ2v) is 23.9. The topological polar surface area (TPSA) is 155 Å². The molecule has 13 heteroatoms. The van der Waals surface area contributed by atoms with Crippen molar-refractivity contribution < 1.29 is 33.8 Å². The summed E-state index contributed by atoms with van der Waals surface area (Å²) in [7, 11) is 0. The summed E-state index contributed by atoms with van der Waals surface area (Å²) in [6, 6.07) is 57.6. The van der Waals surface area contributed by atoms with Gasteiger partial charge in [0.05, 0.1) is 16.7 Å². The van der Waals surface area contributed by atoms with Crippen molar-refractivity contribution in [1.29, 1.82) is 0 Å². The molecule has 436 valence electrons. The van der Waals surface area contributed by atoms with Crippen LogP contribution in [0.1, 0.15) is 128 Å². The number of benzene rings is 8. The molecule has 10 rings (SSSR count). The molecule has 0 saturated carbocycles. The van der Waals surface area contributed by atoms with Crippen molar-refractivity contribution in [1.82, 2.24) is 14.5 Å². The van der Waals surface area contributed by atoms with E-state index >= 15 is 0 Å². The molecule has 0 saturated heterocycles. The summed E-state index contributed by atoms with van der Waals surface area (Å²) in [6.45, 7) is 21.9. The van der Waals surface area contributed by atoms with Crippen LogP contribution in [0, 0.1) is 27.7 Å². The third-order valence-electron chi connectivity index (χ3n) is 14.6. The molecule has 0 aliphatic rings. The smallest absolute Gasteiger partial charge is 0.339 e. The number of carbonyl (C=O) groups is 4. The fourth-order valence-corrected chi connectivity index (χ4v) is 10.2. The molecule has 2 heterocycles. The predicted molar refractivity (Wildman–Crippen MR) is 344 cm³/mol. The molecule has 0 bridgehead atoms. The first-order valence-electron chi connectivity index (χ1n) is 28.1. The van der Waals surface area contributed by atoms with Gasteiger partial charge in [-0.15, -0.1) is 0 Å². The highest BCUT2D eigenvalue weighted by atomic mass is 35.5. The summed E-state index contributed by atoms with van der Waals surface area (Å²) in [5.41, 5.74) is 20.8. The first-order chi connectivity index (χ1) is 40.4. The number of aromatic carboxylic acids is 1. The van der Waals surface area contributed by atoms with E-state index in [-0.39, 0.29) is 17.8 Å². The van der Waals surface area contributed by atoms with Crippen LogP contribution in [0.15, 0.2) is 182 Å². The number of aryl methyl sites for hydroxylation is 2. The quantitative estimate of drug-likeness (QED) is 0.0964. The first-order valence-corrected chi connectivity index (χ1v) is 28.9. The van der Waals surface area contributed by atoms with Crippen LogP contribution in [0.4, 0.5) is 0 Å². The molecule has 0 aliphatic heterocycles. The van der Waals surface area contributed by atoms with Gasteiger partial charge in [-0.1, -0.05) is 132 Å². The van der Waals surface area contributed by atoms with E-state index in [1.807, 2.05) is 176 Å². The number of amides is 1. The number of hydrogen-bond donors (Lipinski definition) is 3. The Morgan fingerprint density at radius 3 is 1.27 bits per heavy atom. The molecule has 11 nitrogen and oxygen atoms in total. The van der Waals surface area contributed by atoms with Gasteiger partial charge in [0.2, 0.25) is 0 Å². The summed E-state index contributed by atoms with van der Waals surface area (Å²) >= 11 is 11.6. The van der Waals surface area contributed by atoms with E-state index in [9.17, 15) is 24.3 Å². The molecule has 8 aromatic carbocycles. The van der Waals surface area contributed by atoms with E-state index in [2.05, 4.69) is 71.6 Å². The van der Waals surface area contributed by atoms with Crippen molar-refractivity contribution >= 4 is 68.8 Å². The van der Waals surface area contributed by atoms with Crippen molar-refractivity contribution in [2.75, 3.05) is 0 Å². The number of halogens is 2. The lowest BCUT2D eigenvalue weighted by Gasteiger charge is -2.20. The Bertz CT molecular complexity index is 4040. The minimum Gasteiger partial charge on any atom is -0.478 e. The highest BCUT2D eigenvalue weighted by Gasteiger charge is 2.23. The Morgan fingerprint density at radius 1 is 0.494 bits per heavy atom. The summed E-state index contributed by atoms with van der Waals surface area (Å²) in [5, 5.41) is 15.8. The van der Waals surface area contributed by atoms with Gasteiger partial charge < -0.3 is 34.8 Å². The zero-order chi connectivity index (χ0) is 61.3. The number of ether oxygens (including phenoxy) is 2. The highest BCUT2D eigenvalue weighted by molar-refractivity contribution is 6.30. The van der Waals surface area contributed by atoms with Crippen molar-refractivity contribution in [3.63, 3.8) is 0 Å². The van der Waals surface area contributed by atoms with Gasteiger partial charge in [0.15, 0.2) is 0 Å². The fraction of sp³-hybridized carbons (Fsp3) is 0.222. The van der Waals surface area contributed by atoms with Crippen LogP contribution in [0.25, 0.3) is 44.1 Å². The monoisotopic (exact) mass is 1170 g/mol. The molecule has 0 unspecified atom stereocenters. The number of carboxylic acids is 1. The maximum atomic E-state index is 12.9. The third-order valence-corrected chi connectivity index (χ3v) is 15.1. The van der Waals surface area contributed by atoms with Crippen LogP contribution < -0.4 is 11.1 Å². The largest absolute Gasteiger partial charge is 0.478 e. The van der Waals surface area contributed by atoms with Gasteiger partial charge in [-0.05, 0) is 198 Å². The van der Waals surface area contributed by atoms with Crippen LogP contribution in [-0.2, 0) is 35.7 Å². The SMILES string of the molecule is Cc1c(C)n(Cc2ccc(-c3ccccc3C(=O)OC(C)(C)C)cc2)c2ccc(C(=O)NCc3ccc(Cl)cc3)cc12.Cc1c(C)n(Cc2ccc(-c3ccccc3C(=O)OC(C)(C)C)cc2)c2ccc(C(=O)O)cc12.NCc1ccc(Cl)cc1. The Hall–Kier alpha value is -8.74. The summed E-state index contributed by atoms with van der Waals surface area (Å²) in [4.78, 5) is 49.9. The average Bonchev–Trinajstić information content (AvgIpc) is 2.55. The molecule has 10 aromatic rings.